The molecule has 0 fully saturated rings. The van der Waals surface area contributed by atoms with Crippen LogP contribution in [0.15, 0.2) is 0 Å². The Morgan fingerprint density at radius 2 is 1.42 bits per heavy atom. The van der Waals surface area contributed by atoms with Crippen LogP contribution in [0.25, 0.3) is 0 Å². The van der Waals surface area contributed by atoms with Crippen LogP contribution in [-0.2, 0) is 19.6 Å². The molecule has 0 aromatic heterocycles. The van der Waals surface area contributed by atoms with Gasteiger partial charge in [0.15, 0.2) is 0 Å². The number of alkyl halides is 11. The molecule has 0 aromatic rings. The summed E-state index contributed by atoms with van der Waals surface area (Å²) in [5.41, 5.74) is 0. The summed E-state index contributed by atoms with van der Waals surface area (Å²) in [6, 6.07) is 0. The fourth-order valence-corrected chi connectivity index (χ4v) is 8.82. The number of carbonyl (C=O) groups is 1. The Bertz CT molecular complexity index is 525. The van der Waals surface area contributed by atoms with E-state index in [1.165, 1.54) is 0 Å². The van der Waals surface area contributed by atoms with Crippen molar-refractivity contribution >= 4 is 55.7 Å². The van der Waals surface area contributed by atoms with Crippen molar-refractivity contribution in [3.8, 4) is 0 Å². The molecule has 1 atom stereocenters. The third kappa shape index (κ3) is 7.39. The van der Waals surface area contributed by atoms with Gasteiger partial charge in [0, 0.05) is 0 Å². The molecular weight excluding hydrogens is 593 g/mol. The van der Waals surface area contributed by atoms with E-state index in [-0.39, 0.29) is 8.86 Å². The molecule has 0 radical (unpaired) electrons. The van der Waals surface area contributed by atoms with Crippen LogP contribution in [0.4, 0.5) is 22.0 Å². The van der Waals surface area contributed by atoms with Crippen molar-refractivity contribution in [3.05, 3.63) is 0 Å². The number of carbonyl (C=O) groups excluding carboxylic acids is 1. The summed E-state index contributed by atoms with van der Waals surface area (Å²) in [6.45, 7) is 0. The zero-order valence-corrected chi connectivity index (χ0v) is 18.3. The fourth-order valence-electron chi connectivity index (χ4n) is 1.59. The molecule has 1 unspecified atom stereocenters. The third-order valence-electron chi connectivity index (χ3n) is 2.50. The van der Waals surface area contributed by atoms with Crippen molar-refractivity contribution in [1.82, 2.24) is 0 Å². The second kappa shape index (κ2) is 8.92. The van der Waals surface area contributed by atoms with Crippen molar-refractivity contribution in [2.75, 3.05) is 28.6 Å². The number of hydrogen-bond acceptors (Lipinski definition) is 4. The normalized spacial score (nSPS) is 16.0. The molecular formula is C11H19F5I2O5S. The summed E-state index contributed by atoms with van der Waals surface area (Å²) in [7, 11) is -6.41. The number of hydrogen-bond donors (Lipinski definition) is 1. The minimum atomic E-state index is -6.41. The summed E-state index contributed by atoms with van der Waals surface area (Å²) in [4.78, 5) is 19.4. The molecule has 24 heavy (non-hydrogen) atoms. The molecule has 0 rings (SSSR count). The molecule has 0 aliphatic heterocycles. The van der Waals surface area contributed by atoms with Gasteiger partial charge in [-0.2, -0.15) is 0 Å². The van der Waals surface area contributed by atoms with E-state index in [1.807, 2.05) is 19.7 Å². The van der Waals surface area contributed by atoms with Crippen LogP contribution in [0.2, 0.25) is 0 Å². The second-order valence-corrected chi connectivity index (χ2v) is 18.9. The summed E-state index contributed by atoms with van der Waals surface area (Å²) < 4.78 is 99.1. The van der Waals surface area contributed by atoms with Crippen LogP contribution < -0.4 is 0 Å². The zero-order valence-electron chi connectivity index (χ0n) is 13.2. The van der Waals surface area contributed by atoms with E-state index >= 15 is 0 Å². The van der Waals surface area contributed by atoms with Crippen LogP contribution in [0, 0.1) is 5.92 Å². The molecule has 148 valence electrons. The van der Waals surface area contributed by atoms with Crippen molar-refractivity contribution < 1.29 is 44.5 Å². The molecule has 13 heteroatoms. The monoisotopic (exact) mass is 612 g/mol. The molecule has 0 aliphatic carbocycles. The second-order valence-electron chi connectivity index (χ2n) is 5.23. The topological polar surface area (TPSA) is 80.7 Å². The van der Waals surface area contributed by atoms with Gasteiger partial charge in [0.25, 0.3) is 0 Å². The van der Waals surface area contributed by atoms with Gasteiger partial charge in [0.2, 0.25) is 0 Å². The van der Waals surface area contributed by atoms with E-state index in [4.69, 9.17) is 4.55 Å². The van der Waals surface area contributed by atoms with Gasteiger partial charge in [0.05, 0.1) is 0 Å². The first kappa shape index (κ1) is 24.5. The van der Waals surface area contributed by atoms with E-state index in [9.17, 15) is 35.2 Å². The first-order chi connectivity index (χ1) is 10.5. The maximum absolute atomic E-state index is 13.4. The molecule has 1 N–H and O–H groups in total. The molecule has 0 heterocycles. The Morgan fingerprint density at radius 1 is 1.04 bits per heavy atom. The van der Waals surface area contributed by atoms with Crippen molar-refractivity contribution in [2.24, 2.45) is 5.92 Å². The molecule has 0 saturated heterocycles. The summed E-state index contributed by atoms with van der Waals surface area (Å²) >= 11 is -3.17. The van der Waals surface area contributed by atoms with Crippen LogP contribution in [0.3, 0.4) is 0 Å². The zero-order chi connectivity index (χ0) is 19.5. The van der Waals surface area contributed by atoms with Crippen LogP contribution >= 0.6 is 39.6 Å². The summed E-state index contributed by atoms with van der Waals surface area (Å²) in [5, 5.41) is -5.68. The summed E-state index contributed by atoms with van der Waals surface area (Å²) in [6.07, 6.45) is -10.1. The molecule has 0 aliphatic rings. The predicted octanol–water partition coefficient (Wildman–Crippen LogP) is 3.09. The molecule has 5 nitrogen and oxygen atoms in total. The Morgan fingerprint density at radius 3 is 1.67 bits per heavy atom. The van der Waals surface area contributed by atoms with Crippen LogP contribution in [0.5, 0.6) is 0 Å². The van der Waals surface area contributed by atoms with Crippen LogP contribution in [0.1, 0.15) is 0 Å². The fraction of sp³-hybridized carbons (Fsp3) is 0.909. The van der Waals surface area contributed by atoms with E-state index < -0.39 is 79.2 Å². The Balaban J connectivity index is 5.60. The van der Waals surface area contributed by atoms with Crippen molar-refractivity contribution in [2.45, 2.75) is 17.5 Å². The van der Waals surface area contributed by atoms with Gasteiger partial charge < -0.3 is 0 Å². The quantitative estimate of drug-likeness (QED) is 0.150. The Kier molecular flexibility index (Phi) is 9.11. The number of ether oxygens (including phenoxy) is 1. The standard InChI is InChI=1S/C11H19F5I2O5S/c1-17(2)5-7(6-18(3)4)8(19)23-9(10(12,13)14)11(15,16)24(20,21)22/h7,9H,5-6H2,1-4H3,(H,20,21,22). The van der Waals surface area contributed by atoms with Gasteiger partial charge in [0.1, 0.15) is 0 Å². The van der Waals surface area contributed by atoms with Gasteiger partial charge in [-0.25, -0.2) is 0 Å². The maximum atomic E-state index is 13.4. The molecule has 0 bridgehead atoms. The van der Waals surface area contributed by atoms with Gasteiger partial charge in [-0.05, 0) is 0 Å². The van der Waals surface area contributed by atoms with Gasteiger partial charge in [-0.1, -0.05) is 0 Å². The van der Waals surface area contributed by atoms with Gasteiger partial charge >= 0.3 is 152 Å². The molecule has 0 amide bonds. The number of esters is 1. The average Bonchev–Trinajstić information content (AvgIpc) is 2.30. The average molecular weight is 612 g/mol. The number of halogens is 7. The van der Waals surface area contributed by atoms with Crippen molar-refractivity contribution in [3.63, 3.8) is 0 Å². The van der Waals surface area contributed by atoms with Gasteiger partial charge in [-0.15, -0.1) is 0 Å². The Hall–Kier alpha value is 0.490. The van der Waals surface area contributed by atoms with E-state index in [0.717, 1.165) is 0 Å². The predicted molar refractivity (Wildman–Crippen MR) is 97.4 cm³/mol. The van der Waals surface area contributed by atoms with E-state index in [0.29, 0.717) is 0 Å². The first-order valence-electron chi connectivity index (χ1n) is 6.04. The minimum absolute atomic E-state index is 0.278. The first-order valence-corrected chi connectivity index (χ1v) is 19.2. The van der Waals surface area contributed by atoms with Crippen LogP contribution in [-0.4, -0.2) is 65.1 Å². The Labute approximate surface area is 151 Å². The summed E-state index contributed by atoms with van der Waals surface area (Å²) in [5.74, 6) is -2.47. The van der Waals surface area contributed by atoms with Crippen molar-refractivity contribution in [1.29, 1.82) is 0 Å². The SMILES string of the molecule is CI(C)CC(CI(C)C)C(=O)OC(C(F)(F)F)C(F)(F)S(=O)(=O)O. The molecule has 0 aromatic carbocycles. The number of rotatable bonds is 8. The van der Waals surface area contributed by atoms with Gasteiger partial charge in [-0.3, -0.25) is 0 Å². The van der Waals surface area contributed by atoms with E-state index in [1.54, 1.807) is 0 Å². The molecule has 0 saturated carbocycles. The van der Waals surface area contributed by atoms with E-state index in [2.05, 4.69) is 4.74 Å². The molecule has 0 spiro atoms. The third-order valence-corrected chi connectivity index (χ3v) is 9.06.